The number of aryl methyl sites for hydroxylation is 1. The van der Waals surface area contributed by atoms with Crippen molar-refractivity contribution < 1.29 is 4.92 Å². The zero-order chi connectivity index (χ0) is 13.7. The van der Waals surface area contributed by atoms with Gasteiger partial charge < -0.3 is 15.4 Å². The summed E-state index contributed by atoms with van der Waals surface area (Å²) in [6.07, 6.45) is 0.972. The fraction of sp³-hybridized carbons (Fsp3) is 0.727. The van der Waals surface area contributed by atoms with Gasteiger partial charge in [0.25, 0.3) is 0 Å². The average Bonchev–Trinajstić information content (AvgIpc) is 2.58. The smallest absolute Gasteiger partial charge is 0.362 e. The van der Waals surface area contributed by atoms with E-state index in [1.807, 2.05) is 18.7 Å². The van der Waals surface area contributed by atoms with Crippen LogP contribution in [-0.4, -0.2) is 32.0 Å². The Morgan fingerprint density at radius 2 is 2.28 bits per heavy atom. The number of anilines is 1. The molecule has 1 rings (SSSR count). The lowest BCUT2D eigenvalue weighted by Crippen LogP contribution is -2.18. The third-order valence-corrected chi connectivity index (χ3v) is 3.69. The molecule has 102 valence electrons. The molecular formula is C11H20N4O2S. The number of aromatic nitrogens is 2. The SMILES string of the molecule is CCSCCC(C)Nc1c([N+](=O)[O-])nc(C)n1C. The van der Waals surface area contributed by atoms with Crippen molar-refractivity contribution in [2.75, 3.05) is 16.8 Å². The molecule has 0 spiro atoms. The van der Waals surface area contributed by atoms with Crippen molar-refractivity contribution in [1.82, 2.24) is 9.55 Å². The van der Waals surface area contributed by atoms with E-state index in [1.54, 1.807) is 18.5 Å². The van der Waals surface area contributed by atoms with Crippen LogP contribution in [0.5, 0.6) is 0 Å². The van der Waals surface area contributed by atoms with Gasteiger partial charge >= 0.3 is 5.82 Å². The Kier molecular flexibility index (Phi) is 5.46. The lowest BCUT2D eigenvalue weighted by atomic mass is 10.2. The summed E-state index contributed by atoms with van der Waals surface area (Å²) in [6, 6.07) is 0.192. The molecule has 0 bridgehead atoms. The second-order valence-electron chi connectivity index (χ2n) is 4.18. The van der Waals surface area contributed by atoms with E-state index >= 15 is 0 Å². The number of hydrogen-bond acceptors (Lipinski definition) is 5. The third kappa shape index (κ3) is 3.63. The molecular weight excluding hydrogens is 252 g/mol. The number of nitro groups is 1. The Labute approximate surface area is 111 Å². The molecule has 0 radical (unpaired) electrons. The second-order valence-corrected chi connectivity index (χ2v) is 5.57. The van der Waals surface area contributed by atoms with E-state index < -0.39 is 4.92 Å². The zero-order valence-electron chi connectivity index (χ0n) is 11.3. The molecule has 1 unspecified atom stereocenters. The number of nitrogens with zero attached hydrogens (tertiary/aromatic N) is 3. The summed E-state index contributed by atoms with van der Waals surface area (Å²) >= 11 is 1.87. The molecule has 1 aromatic heterocycles. The predicted molar refractivity (Wildman–Crippen MR) is 75.3 cm³/mol. The highest BCUT2D eigenvalue weighted by Crippen LogP contribution is 2.25. The van der Waals surface area contributed by atoms with E-state index in [9.17, 15) is 10.1 Å². The van der Waals surface area contributed by atoms with Crippen LogP contribution < -0.4 is 5.32 Å². The summed E-state index contributed by atoms with van der Waals surface area (Å²) in [4.78, 5) is 14.4. The second kappa shape index (κ2) is 6.63. The maximum Gasteiger partial charge on any atom is 0.406 e. The van der Waals surface area contributed by atoms with Crippen molar-refractivity contribution in [2.45, 2.75) is 33.2 Å². The van der Waals surface area contributed by atoms with Gasteiger partial charge in [-0.15, -0.1) is 0 Å². The van der Waals surface area contributed by atoms with Crippen molar-refractivity contribution in [2.24, 2.45) is 7.05 Å². The van der Waals surface area contributed by atoms with Gasteiger partial charge in [0.2, 0.25) is 11.6 Å². The van der Waals surface area contributed by atoms with E-state index in [0.29, 0.717) is 11.6 Å². The number of rotatable bonds is 7. The Morgan fingerprint density at radius 1 is 1.61 bits per heavy atom. The van der Waals surface area contributed by atoms with E-state index in [0.717, 1.165) is 17.9 Å². The van der Waals surface area contributed by atoms with Crippen molar-refractivity contribution >= 4 is 23.4 Å². The summed E-state index contributed by atoms with van der Waals surface area (Å²) in [7, 11) is 1.78. The summed E-state index contributed by atoms with van der Waals surface area (Å²) in [5.41, 5.74) is 0. The quantitative estimate of drug-likeness (QED) is 0.469. The van der Waals surface area contributed by atoms with Gasteiger partial charge in [0, 0.05) is 20.0 Å². The van der Waals surface area contributed by atoms with Gasteiger partial charge in [-0.25, -0.2) is 0 Å². The van der Waals surface area contributed by atoms with Crippen LogP contribution in [0.3, 0.4) is 0 Å². The molecule has 0 amide bonds. The molecule has 1 atom stereocenters. The first-order chi connectivity index (χ1) is 8.47. The lowest BCUT2D eigenvalue weighted by Gasteiger charge is -2.14. The van der Waals surface area contributed by atoms with Crippen LogP contribution in [0, 0.1) is 17.0 Å². The topological polar surface area (TPSA) is 73.0 Å². The maximum atomic E-state index is 10.9. The zero-order valence-corrected chi connectivity index (χ0v) is 12.1. The Morgan fingerprint density at radius 3 is 2.83 bits per heavy atom. The number of thioether (sulfide) groups is 1. The van der Waals surface area contributed by atoms with Gasteiger partial charge in [-0.05, 0) is 34.8 Å². The summed E-state index contributed by atoms with van der Waals surface area (Å²) in [5.74, 6) is 3.18. The number of hydrogen-bond donors (Lipinski definition) is 1. The molecule has 0 fully saturated rings. The summed E-state index contributed by atoms with van der Waals surface area (Å²) < 4.78 is 1.72. The van der Waals surface area contributed by atoms with E-state index in [2.05, 4.69) is 17.2 Å². The summed E-state index contributed by atoms with van der Waals surface area (Å²) in [5, 5.41) is 14.1. The molecule has 1 N–H and O–H groups in total. The highest BCUT2D eigenvalue weighted by atomic mass is 32.2. The van der Waals surface area contributed by atoms with Crippen molar-refractivity contribution in [3.05, 3.63) is 15.9 Å². The standard InChI is InChI=1S/C11H20N4O2S/c1-5-18-7-6-8(2)12-10-11(15(16)17)13-9(3)14(10)4/h8,12H,5-7H2,1-4H3. The molecule has 0 saturated heterocycles. The highest BCUT2D eigenvalue weighted by Gasteiger charge is 2.24. The average molecular weight is 272 g/mol. The predicted octanol–water partition coefficient (Wildman–Crippen LogP) is 2.58. The van der Waals surface area contributed by atoms with E-state index in [1.165, 1.54) is 0 Å². The largest absolute Gasteiger partial charge is 0.406 e. The molecule has 1 aromatic rings. The first-order valence-corrected chi connectivity index (χ1v) is 7.14. The molecule has 7 heteroatoms. The number of imidazole rings is 1. The first-order valence-electron chi connectivity index (χ1n) is 5.99. The third-order valence-electron chi connectivity index (χ3n) is 2.76. The van der Waals surface area contributed by atoms with Crippen LogP contribution in [0.1, 0.15) is 26.1 Å². The first kappa shape index (κ1) is 14.8. The van der Waals surface area contributed by atoms with Crippen LogP contribution in [0.25, 0.3) is 0 Å². The van der Waals surface area contributed by atoms with E-state index in [4.69, 9.17) is 0 Å². The van der Waals surface area contributed by atoms with Gasteiger partial charge in [0.05, 0.1) is 0 Å². The lowest BCUT2D eigenvalue weighted by molar-refractivity contribution is -0.388. The van der Waals surface area contributed by atoms with Gasteiger partial charge in [-0.2, -0.15) is 11.8 Å². The summed E-state index contributed by atoms with van der Waals surface area (Å²) in [6.45, 7) is 5.91. The van der Waals surface area contributed by atoms with Crippen molar-refractivity contribution in [3.63, 3.8) is 0 Å². The molecule has 18 heavy (non-hydrogen) atoms. The maximum absolute atomic E-state index is 10.9. The minimum Gasteiger partial charge on any atom is -0.362 e. The fourth-order valence-electron chi connectivity index (χ4n) is 1.59. The van der Waals surface area contributed by atoms with Gasteiger partial charge in [0.1, 0.15) is 0 Å². The molecule has 0 aliphatic carbocycles. The van der Waals surface area contributed by atoms with Gasteiger partial charge in [-0.1, -0.05) is 6.92 Å². The van der Waals surface area contributed by atoms with Crippen LogP contribution in [0.15, 0.2) is 0 Å². The van der Waals surface area contributed by atoms with Crippen LogP contribution in [0.4, 0.5) is 11.6 Å². The Bertz CT molecular complexity index is 419. The molecule has 0 saturated carbocycles. The van der Waals surface area contributed by atoms with Crippen LogP contribution in [0.2, 0.25) is 0 Å². The van der Waals surface area contributed by atoms with Crippen LogP contribution in [-0.2, 0) is 7.05 Å². The minimum absolute atomic E-state index is 0.0926. The minimum atomic E-state index is -0.442. The molecule has 0 aliphatic rings. The molecule has 0 aromatic carbocycles. The fourth-order valence-corrected chi connectivity index (χ4v) is 2.40. The Balaban J connectivity index is 2.74. The molecule has 0 aliphatic heterocycles. The molecule has 6 nitrogen and oxygen atoms in total. The van der Waals surface area contributed by atoms with Crippen molar-refractivity contribution in [1.29, 1.82) is 0 Å². The monoisotopic (exact) mass is 272 g/mol. The highest BCUT2D eigenvalue weighted by molar-refractivity contribution is 7.99. The molecule has 1 heterocycles. The van der Waals surface area contributed by atoms with Gasteiger partial charge in [0.15, 0.2) is 0 Å². The Hall–Kier alpha value is -1.24. The number of nitrogens with one attached hydrogen (secondary N) is 1. The van der Waals surface area contributed by atoms with Gasteiger partial charge in [-0.3, -0.25) is 4.57 Å². The van der Waals surface area contributed by atoms with E-state index in [-0.39, 0.29) is 11.9 Å². The van der Waals surface area contributed by atoms with Crippen LogP contribution >= 0.6 is 11.8 Å². The van der Waals surface area contributed by atoms with Crippen molar-refractivity contribution in [3.8, 4) is 0 Å². The normalized spacial score (nSPS) is 12.4.